The van der Waals surface area contributed by atoms with Crippen LogP contribution in [-0.4, -0.2) is 30.9 Å². The van der Waals surface area contributed by atoms with Crippen molar-refractivity contribution in [2.45, 2.75) is 12.6 Å². The number of para-hydroxylation sites is 1. The largest absolute Gasteiger partial charge is 0.457 e. The number of anilines is 2. The molecule has 1 saturated heterocycles. The fourth-order valence-corrected chi connectivity index (χ4v) is 4.50. The summed E-state index contributed by atoms with van der Waals surface area (Å²) in [5.74, 6) is -1.57. The molecule has 0 spiro atoms. The topological polar surface area (TPSA) is 84.9 Å². The number of nitrogens with one attached hydrogen (secondary N) is 1. The summed E-state index contributed by atoms with van der Waals surface area (Å²) in [4.78, 5) is 38.7. The van der Waals surface area contributed by atoms with Gasteiger partial charge in [0, 0.05) is 24.0 Å². The van der Waals surface area contributed by atoms with E-state index < -0.39 is 41.8 Å². The van der Waals surface area contributed by atoms with E-state index in [2.05, 4.69) is 5.32 Å². The van der Waals surface area contributed by atoms with Crippen LogP contribution in [0, 0.1) is 5.92 Å². The first-order valence-corrected chi connectivity index (χ1v) is 12.4. The van der Waals surface area contributed by atoms with Gasteiger partial charge in [-0.3, -0.25) is 14.4 Å². The van der Waals surface area contributed by atoms with Gasteiger partial charge in [0.2, 0.25) is 5.91 Å². The van der Waals surface area contributed by atoms with E-state index in [9.17, 15) is 27.6 Å². The molecule has 2 amide bonds. The van der Waals surface area contributed by atoms with Gasteiger partial charge in [-0.15, -0.1) is 0 Å². The second-order valence-corrected chi connectivity index (χ2v) is 9.18. The first-order chi connectivity index (χ1) is 19.2. The van der Waals surface area contributed by atoms with Crippen LogP contribution in [0.15, 0.2) is 91.0 Å². The zero-order valence-corrected chi connectivity index (χ0v) is 21.0. The minimum Gasteiger partial charge on any atom is -0.457 e. The number of hydrogen-bond donors (Lipinski definition) is 1. The van der Waals surface area contributed by atoms with Crippen molar-refractivity contribution in [3.63, 3.8) is 0 Å². The molecule has 40 heavy (non-hydrogen) atoms. The van der Waals surface area contributed by atoms with Gasteiger partial charge in [-0.05, 0) is 47.9 Å². The molecule has 204 valence electrons. The highest BCUT2D eigenvalue weighted by Gasteiger charge is 2.37. The highest BCUT2D eigenvalue weighted by molar-refractivity contribution is 6.00. The van der Waals surface area contributed by atoms with Crippen LogP contribution in [0.5, 0.6) is 11.5 Å². The Morgan fingerprint density at radius 3 is 2.38 bits per heavy atom. The van der Waals surface area contributed by atoms with Crippen LogP contribution in [0.4, 0.5) is 24.5 Å². The molecule has 1 aliphatic rings. The Kier molecular flexibility index (Phi) is 7.41. The van der Waals surface area contributed by atoms with Crippen molar-refractivity contribution in [2.24, 2.45) is 5.92 Å². The van der Waals surface area contributed by atoms with Crippen LogP contribution in [0.2, 0.25) is 0 Å². The lowest BCUT2D eigenvalue weighted by Gasteiger charge is -2.17. The Morgan fingerprint density at radius 2 is 1.60 bits per heavy atom. The summed E-state index contributed by atoms with van der Waals surface area (Å²) in [6.07, 6.45) is -4.78. The maximum absolute atomic E-state index is 13.1. The molecule has 0 radical (unpaired) electrons. The van der Waals surface area contributed by atoms with Crippen LogP contribution in [0.1, 0.15) is 12.0 Å². The number of halogens is 3. The van der Waals surface area contributed by atoms with Gasteiger partial charge in [-0.2, -0.15) is 13.2 Å². The number of alkyl halides is 3. The number of rotatable bonds is 7. The van der Waals surface area contributed by atoms with E-state index in [-0.39, 0.29) is 18.9 Å². The van der Waals surface area contributed by atoms with Gasteiger partial charge < -0.3 is 19.7 Å². The third kappa shape index (κ3) is 5.90. The van der Waals surface area contributed by atoms with Gasteiger partial charge in [0.15, 0.2) is 6.61 Å². The summed E-state index contributed by atoms with van der Waals surface area (Å²) in [6.45, 7) is -0.740. The van der Waals surface area contributed by atoms with Crippen LogP contribution < -0.4 is 15.0 Å². The molecule has 4 aromatic carbocycles. The van der Waals surface area contributed by atoms with E-state index >= 15 is 0 Å². The average Bonchev–Trinajstić information content (AvgIpc) is 3.33. The zero-order valence-electron chi connectivity index (χ0n) is 21.0. The van der Waals surface area contributed by atoms with Crippen LogP contribution >= 0.6 is 0 Å². The highest BCUT2D eigenvalue weighted by atomic mass is 19.4. The minimum atomic E-state index is -4.66. The highest BCUT2D eigenvalue weighted by Crippen LogP contribution is 2.35. The summed E-state index contributed by atoms with van der Waals surface area (Å²) in [5, 5.41) is 4.12. The normalized spacial score (nSPS) is 15.2. The number of fused-ring (bicyclic) bond motifs is 1. The number of carbonyl (C=O) groups excluding carboxylic acids is 3. The molecule has 0 aromatic heterocycles. The van der Waals surface area contributed by atoms with Gasteiger partial charge in [-0.25, -0.2) is 0 Å². The lowest BCUT2D eigenvalue weighted by Crippen LogP contribution is -2.28. The van der Waals surface area contributed by atoms with E-state index in [0.29, 0.717) is 17.2 Å². The number of nitrogens with zero attached hydrogens (tertiary/aromatic N) is 1. The van der Waals surface area contributed by atoms with Crippen LogP contribution in [0.3, 0.4) is 0 Å². The van der Waals surface area contributed by atoms with E-state index in [1.54, 1.807) is 24.3 Å². The third-order valence-electron chi connectivity index (χ3n) is 6.44. The monoisotopic (exact) mass is 548 g/mol. The maximum Gasteiger partial charge on any atom is 0.418 e. The summed E-state index contributed by atoms with van der Waals surface area (Å²) in [7, 11) is 0. The summed E-state index contributed by atoms with van der Waals surface area (Å²) < 4.78 is 50.4. The fourth-order valence-electron chi connectivity index (χ4n) is 4.50. The zero-order chi connectivity index (χ0) is 28.3. The molecule has 1 heterocycles. The van der Waals surface area contributed by atoms with Gasteiger partial charge >= 0.3 is 12.1 Å². The van der Waals surface area contributed by atoms with Crippen molar-refractivity contribution in [1.82, 2.24) is 0 Å². The Bertz CT molecular complexity index is 1560. The molecule has 0 bridgehead atoms. The number of hydrogen-bond acceptors (Lipinski definition) is 5. The molecular weight excluding hydrogens is 525 g/mol. The quantitative estimate of drug-likeness (QED) is 0.279. The SMILES string of the molecule is O=C(COC(=O)[C@@H]1CC(=O)N(c2ccc(Oc3cccc4ccccc34)cc2)C1)Nc1ccccc1C(F)(F)F. The van der Waals surface area contributed by atoms with Gasteiger partial charge in [0.25, 0.3) is 5.91 Å². The van der Waals surface area contributed by atoms with Gasteiger partial charge in [-0.1, -0.05) is 48.5 Å². The Morgan fingerprint density at radius 1 is 0.900 bits per heavy atom. The van der Waals surface area contributed by atoms with E-state index in [1.165, 1.54) is 17.0 Å². The van der Waals surface area contributed by atoms with Crippen molar-refractivity contribution in [1.29, 1.82) is 0 Å². The Labute approximate surface area is 227 Å². The van der Waals surface area contributed by atoms with Crippen molar-refractivity contribution >= 4 is 39.9 Å². The first-order valence-electron chi connectivity index (χ1n) is 12.4. The molecule has 1 aliphatic heterocycles. The molecule has 1 atom stereocenters. The molecule has 10 heteroatoms. The molecule has 1 N–H and O–H groups in total. The number of esters is 1. The molecule has 5 rings (SSSR count). The lowest BCUT2D eigenvalue weighted by molar-refractivity contribution is -0.151. The predicted molar refractivity (Wildman–Crippen MR) is 142 cm³/mol. The number of amides is 2. The predicted octanol–water partition coefficient (Wildman–Crippen LogP) is 6.19. The molecule has 0 unspecified atom stereocenters. The van der Waals surface area contributed by atoms with Gasteiger partial charge in [0.1, 0.15) is 11.5 Å². The smallest absolute Gasteiger partial charge is 0.418 e. The second kappa shape index (κ2) is 11.1. The van der Waals surface area contributed by atoms with E-state index in [1.807, 2.05) is 42.5 Å². The van der Waals surface area contributed by atoms with Crippen LogP contribution in [-0.2, 0) is 25.3 Å². The van der Waals surface area contributed by atoms with Crippen LogP contribution in [0.25, 0.3) is 10.8 Å². The Hall–Kier alpha value is -4.86. The molecular formula is C30H23F3N2O5. The molecule has 4 aromatic rings. The minimum absolute atomic E-state index is 0.0414. The maximum atomic E-state index is 13.1. The fraction of sp³-hybridized carbons (Fsp3) is 0.167. The molecule has 1 fully saturated rings. The van der Waals surface area contributed by atoms with E-state index in [0.717, 1.165) is 22.9 Å². The number of benzene rings is 4. The van der Waals surface area contributed by atoms with Crippen molar-refractivity contribution in [2.75, 3.05) is 23.4 Å². The third-order valence-corrected chi connectivity index (χ3v) is 6.44. The average molecular weight is 549 g/mol. The second-order valence-electron chi connectivity index (χ2n) is 9.18. The van der Waals surface area contributed by atoms with Crippen molar-refractivity contribution < 1.29 is 37.0 Å². The van der Waals surface area contributed by atoms with Crippen molar-refractivity contribution in [3.8, 4) is 11.5 Å². The Balaban J connectivity index is 1.17. The van der Waals surface area contributed by atoms with Gasteiger partial charge in [0.05, 0.1) is 17.2 Å². The first kappa shape index (κ1) is 26.7. The lowest BCUT2D eigenvalue weighted by atomic mass is 10.1. The number of carbonyl (C=O) groups is 3. The summed E-state index contributed by atoms with van der Waals surface area (Å²) in [5.41, 5.74) is -0.890. The molecule has 0 saturated carbocycles. The molecule has 7 nitrogen and oxygen atoms in total. The molecule has 0 aliphatic carbocycles. The van der Waals surface area contributed by atoms with E-state index in [4.69, 9.17) is 9.47 Å². The van der Waals surface area contributed by atoms with Crippen molar-refractivity contribution in [3.05, 3.63) is 96.6 Å². The summed E-state index contributed by atoms with van der Waals surface area (Å²) >= 11 is 0. The summed E-state index contributed by atoms with van der Waals surface area (Å²) in [6, 6.07) is 24.9. The standard InChI is InChI=1S/C30H23F3N2O5/c31-30(32,33)24-9-3-4-10-25(24)34-27(36)18-39-29(38)20-16-28(37)35(17-20)21-12-14-22(15-13-21)40-26-11-5-7-19-6-1-2-8-23(19)26/h1-15,20H,16-18H2,(H,34,36)/t20-/m1/s1. The number of ether oxygens (including phenoxy) is 2.